The molecule has 0 aliphatic carbocycles. The summed E-state index contributed by atoms with van der Waals surface area (Å²) in [6.07, 6.45) is 3.52. The molecule has 2 aliphatic rings. The van der Waals surface area contributed by atoms with Gasteiger partial charge in [0.2, 0.25) is 5.95 Å². The number of carbonyl (C=O) groups excluding carboxylic acids is 2. The number of nitrogens with zero attached hydrogens (tertiary/aromatic N) is 4. The summed E-state index contributed by atoms with van der Waals surface area (Å²) in [5.41, 5.74) is 1.75. The molecule has 10 nitrogen and oxygen atoms in total. The Kier molecular flexibility index (Phi) is 7.81. The Morgan fingerprint density at radius 1 is 1.11 bits per heavy atom. The Bertz CT molecular complexity index is 1050. The van der Waals surface area contributed by atoms with Crippen LogP contribution >= 0.6 is 0 Å². The average molecular weight is 481 g/mol. The molecule has 186 valence electrons. The molecule has 35 heavy (non-hydrogen) atoms. The predicted molar refractivity (Wildman–Crippen MR) is 131 cm³/mol. The summed E-state index contributed by atoms with van der Waals surface area (Å²) < 4.78 is 11.1. The standard InChI is InChI=1S/C25H32N6O4/c1-4-34-23(32)21-20(16-30-12-14-31(15-13-30)24-26-10-5-11-27-24)28-25(33)29-22(21)18-6-8-19(9-7-18)35-17(2)3/h5-11,17,22H,4,12-16H2,1-3H3,(H2,28,29,33)/t22-/m0/s1. The lowest BCUT2D eigenvalue weighted by atomic mass is 9.94. The number of esters is 1. The van der Waals surface area contributed by atoms with Crippen LogP contribution in [-0.2, 0) is 9.53 Å². The Hall–Kier alpha value is -3.66. The SMILES string of the molecule is CCOC(=O)C1=C(CN2CCN(c3ncccn3)CC2)NC(=O)N[C@H]1c1ccc(OC(C)C)cc1. The summed E-state index contributed by atoms with van der Waals surface area (Å²) in [6.45, 7) is 9.34. The number of ether oxygens (including phenoxy) is 2. The molecule has 0 saturated carbocycles. The number of rotatable bonds is 8. The van der Waals surface area contributed by atoms with Crippen molar-refractivity contribution in [1.82, 2.24) is 25.5 Å². The van der Waals surface area contributed by atoms with Gasteiger partial charge in [-0.25, -0.2) is 19.6 Å². The summed E-state index contributed by atoms with van der Waals surface area (Å²) in [6, 6.07) is 8.24. The van der Waals surface area contributed by atoms with E-state index in [0.717, 1.165) is 37.5 Å². The van der Waals surface area contributed by atoms with Crippen molar-refractivity contribution in [3.8, 4) is 5.75 Å². The number of urea groups is 1. The molecule has 3 heterocycles. The summed E-state index contributed by atoms with van der Waals surface area (Å²) in [5, 5.41) is 5.74. The molecule has 1 atom stereocenters. The van der Waals surface area contributed by atoms with Crippen LogP contribution in [0.15, 0.2) is 54.0 Å². The zero-order valence-electron chi connectivity index (χ0n) is 20.4. The maximum Gasteiger partial charge on any atom is 0.338 e. The van der Waals surface area contributed by atoms with Gasteiger partial charge in [0.25, 0.3) is 0 Å². The molecular formula is C25H32N6O4. The molecule has 0 spiro atoms. The quantitative estimate of drug-likeness (QED) is 0.554. The molecule has 1 aromatic carbocycles. The van der Waals surface area contributed by atoms with E-state index in [2.05, 4.69) is 30.4 Å². The molecule has 10 heteroatoms. The number of aromatic nitrogens is 2. The van der Waals surface area contributed by atoms with E-state index in [1.165, 1.54) is 0 Å². The molecular weight excluding hydrogens is 448 g/mol. The van der Waals surface area contributed by atoms with E-state index < -0.39 is 12.0 Å². The van der Waals surface area contributed by atoms with Crippen LogP contribution in [0.1, 0.15) is 32.4 Å². The zero-order valence-corrected chi connectivity index (χ0v) is 20.4. The second kappa shape index (κ2) is 11.2. The first-order chi connectivity index (χ1) is 16.9. The number of nitrogens with one attached hydrogen (secondary N) is 2. The second-order valence-electron chi connectivity index (χ2n) is 8.69. The minimum absolute atomic E-state index is 0.0509. The number of carbonyl (C=O) groups is 2. The van der Waals surface area contributed by atoms with Crippen molar-refractivity contribution in [3.05, 3.63) is 59.6 Å². The average Bonchev–Trinajstić information content (AvgIpc) is 2.85. The number of piperazine rings is 1. The zero-order chi connectivity index (χ0) is 24.8. The van der Waals surface area contributed by atoms with E-state index >= 15 is 0 Å². The van der Waals surface area contributed by atoms with Crippen molar-refractivity contribution in [2.75, 3.05) is 44.2 Å². The Balaban J connectivity index is 1.55. The van der Waals surface area contributed by atoms with Crippen molar-refractivity contribution in [2.45, 2.75) is 32.9 Å². The summed E-state index contributed by atoms with van der Waals surface area (Å²) >= 11 is 0. The Morgan fingerprint density at radius 3 is 2.43 bits per heavy atom. The normalized spacial score (nSPS) is 18.8. The van der Waals surface area contributed by atoms with Gasteiger partial charge >= 0.3 is 12.0 Å². The molecule has 0 bridgehead atoms. The van der Waals surface area contributed by atoms with Gasteiger partial charge in [-0.2, -0.15) is 0 Å². The van der Waals surface area contributed by atoms with Crippen LogP contribution in [0.3, 0.4) is 0 Å². The van der Waals surface area contributed by atoms with Crippen molar-refractivity contribution in [2.24, 2.45) is 0 Å². The first-order valence-electron chi connectivity index (χ1n) is 11.9. The third kappa shape index (κ3) is 6.07. The number of hydrogen-bond acceptors (Lipinski definition) is 8. The van der Waals surface area contributed by atoms with Gasteiger partial charge in [-0.3, -0.25) is 4.90 Å². The summed E-state index contributed by atoms with van der Waals surface area (Å²) in [5.74, 6) is 0.990. The fourth-order valence-corrected chi connectivity index (χ4v) is 4.24. The summed E-state index contributed by atoms with van der Waals surface area (Å²) in [7, 11) is 0. The van der Waals surface area contributed by atoms with Gasteiger partial charge in [0.1, 0.15) is 5.75 Å². The topological polar surface area (TPSA) is 109 Å². The van der Waals surface area contributed by atoms with Gasteiger partial charge in [0.15, 0.2) is 0 Å². The molecule has 1 fully saturated rings. The fraction of sp³-hybridized carbons (Fsp3) is 0.440. The van der Waals surface area contributed by atoms with Crippen LogP contribution < -0.4 is 20.3 Å². The molecule has 4 rings (SSSR count). The lowest BCUT2D eigenvalue weighted by Gasteiger charge is -2.37. The third-order valence-corrected chi connectivity index (χ3v) is 5.82. The van der Waals surface area contributed by atoms with E-state index in [0.29, 0.717) is 23.8 Å². The van der Waals surface area contributed by atoms with Gasteiger partial charge in [-0.1, -0.05) is 12.1 Å². The number of hydrogen-bond donors (Lipinski definition) is 2. The highest BCUT2D eigenvalue weighted by molar-refractivity contribution is 5.95. The molecule has 2 aromatic rings. The first-order valence-corrected chi connectivity index (χ1v) is 11.9. The van der Waals surface area contributed by atoms with Crippen LogP contribution in [0.4, 0.5) is 10.7 Å². The van der Waals surface area contributed by atoms with E-state index in [1.54, 1.807) is 25.4 Å². The minimum atomic E-state index is -0.620. The van der Waals surface area contributed by atoms with E-state index in [9.17, 15) is 9.59 Å². The van der Waals surface area contributed by atoms with Crippen molar-refractivity contribution < 1.29 is 19.1 Å². The fourth-order valence-electron chi connectivity index (χ4n) is 4.24. The van der Waals surface area contributed by atoms with Gasteiger partial charge in [-0.15, -0.1) is 0 Å². The van der Waals surface area contributed by atoms with Crippen LogP contribution in [0, 0.1) is 0 Å². The van der Waals surface area contributed by atoms with Crippen LogP contribution in [-0.4, -0.2) is 72.3 Å². The van der Waals surface area contributed by atoms with Crippen molar-refractivity contribution in [3.63, 3.8) is 0 Å². The van der Waals surface area contributed by atoms with Crippen LogP contribution in [0.2, 0.25) is 0 Å². The highest BCUT2D eigenvalue weighted by Crippen LogP contribution is 2.30. The molecule has 1 aromatic heterocycles. The third-order valence-electron chi connectivity index (χ3n) is 5.82. The highest BCUT2D eigenvalue weighted by atomic mass is 16.5. The lowest BCUT2D eigenvalue weighted by Crippen LogP contribution is -2.52. The van der Waals surface area contributed by atoms with Crippen LogP contribution in [0.5, 0.6) is 5.75 Å². The molecule has 1 saturated heterocycles. The largest absolute Gasteiger partial charge is 0.491 e. The Labute approximate surface area is 205 Å². The summed E-state index contributed by atoms with van der Waals surface area (Å²) in [4.78, 5) is 38.6. The Morgan fingerprint density at radius 2 is 1.80 bits per heavy atom. The minimum Gasteiger partial charge on any atom is -0.491 e. The lowest BCUT2D eigenvalue weighted by molar-refractivity contribution is -0.139. The second-order valence-corrected chi connectivity index (χ2v) is 8.69. The number of amides is 2. The molecule has 2 amide bonds. The molecule has 2 aliphatic heterocycles. The van der Waals surface area contributed by atoms with E-state index in [4.69, 9.17) is 9.47 Å². The van der Waals surface area contributed by atoms with Crippen LogP contribution in [0.25, 0.3) is 0 Å². The smallest absolute Gasteiger partial charge is 0.338 e. The molecule has 0 radical (unpaired) electrons. The first kappa shape index (κ1) is 24.5. The maximum absolute atomic E-state index is 13.1. The van der Waals surface area contributed by atoms with Crippen molar-refractivity contribution >= 4 is 17.9 Å². The maximum atomic E-state index is 13.1. The van der Waals surface area contributed by atoms with E-state index in [1.807, 2.05) is 38.1 Å². The number of anilines is 1. The number of benzene rings is 1. The van der Waals surface area contributed by atoms with E-state index in [-0.39, 0.29) is 18.7 Å². The molecule has 2 N–H and O–H groups in total. The monoisotopic (exact) mass is 480 g/mol. The van der Waals surface area contributed by atoms with Gasteiger partial charge in [-0.05, 0) is 44.5 Å². The van der Waals surface area contributed by atoms with Crippen molar-refractivity contribution in [1.29, 1.82) is 0 Å². The highest BCUT2D eigenvalue weighted by Gasteiger charge is 2.34. The van der Waals surface area contributed by atoms with Gasteiger partial charge in [0, 0.05) is 50.8 Å². The molecule has 0 unspecified atom stereocenters. The van der Waals surface area contributed by atoms with Gasteiger partial charge in [0.05, 0.1) is 24.3 Å². The van der Waals surface area contributed by atoms with Gasteiger partial charge < -0.3 is 25.0 Å². The predicted octanol–water partition coefficient (Wildman–Crippen LogP) is 2.26.